The van der Waals surface area contributed by atoms with Gasteiger partial charge >= 0.3 is 0 Å². The van der Waals surface area contributed by atoms with E-state index in [-0.39, 0.29) is 6.42 Å². The monoisotopic (exact) mass is 307 g/mol. The zero-order valence-electron chi connectivity index (χ0n) is 10.6. The van der Waals surface area contributed by atoms with Gasteiger partial charge in [0.25, 0.3) is 0 Å². The van der Waals surface area contributed by atoms with Gasteiger partial charge in [-0.3, -0.25) is 4.79 Å². The van der Waals surface area contributed by atoms with Crippen LogP contribution in [-0.4, -0.2) is 10.8 Å². The first-order chi connectivity index (χ1) is 10.0. The second-order valence-corrected chi connectivity index (χ2v) is 5.53. The largest absolute Gasteiger partial charge is 0.293 e. The quantitative estimate of drug-likeness (QED) is 0.681. The minimum atomic E-state index is -1.20. The molecule has 0 aliphatic carbocycles. The van der Waals surface area contributed by atoms with Crippen LogP contribution in [0.25, 0.3) is 10.2 Å². The van der Waals surface area contributed by atoms with E-state index in [1.807, 2.05) is 18.2 Å². The van der Waals surface area contributed by atoms with Gasteiger partial charge in [-0.05, 0) is 12.1 Å². The molecule has 0 saturated heterocycles. The summed E-state index contributed by atoms with van der Waals surface area (Å²) >= 11 is 1.28. The summed E-state index contributed by atoms with van der Waals surface area (Å²) in [6.07, 6.45) is -0.223. The van der Waals surface area contributed by atoms with Crippen molar-refractivity contribution in [3.8, 4) is 0 Å². The standard InChI is InChI=1S/C15H8F3NOS/c16-8-5-9(17)15(10(18)6-8)12(20)7-14-19-11-3-1-2-4-13(11)21-14/h1-6H,7H2. The lowest BCUT2D eigenvalue weighted by molar-refractivity contribution is 0.0984. The highest BCUT2D eigenvalue weighted by Crippen LogP contribution is 2.24. The number of nitrogens with zero attached hydrogens (tertiary/aromatic N) is 1. The zero-order valence-corrected chi connectivity index (χ0v) is 11.4. The molecule has 0 aliphatic rings. The highest BCUT2D eigenvalue weighted by atomic mass is 32.1. The average molecular weight is 307 g/mol. The van der Waals surface area contributed by atoms with E-state index < -0.39 is 28.8 Å². The van der Waals surface area contributed by atoms with Gasteiger partial charge in [0.2, 0.25) is 0 Å². The Balaban J connectivity index is 1.93. The Labute approximate surface area is 121 Å². The van der Waals surface area contributed by atoms with Crippen LogP contribution in [0.15, 0.2) is 36.4 Å². The molecule has 0 N–H and O–H groups in total. The molecule has 6 heteroatoms. The van der Waals surface area contributed by atoms with Crippen molar-refractivity contribution in [1.29, 1.82) is 0 Å². The van der Waals surface area contributed by atoms with Gasteiger partial charge in [-0.25, -0.2) is 18.2 Å². The van der Waals surface area contributed by atoms with Crippen LogP contribution in [0.5, 0.6) is 0 Å². The van der Waals surface area contributed by atoms with Gasteiger partial charge in [0.05, 0.1) is 22.2 Å². The van der Waals surface area contributed by atoms with Crippen LogP contribution in [0, 0.1) is 17.5 Å². The molecule has 0 atom stereocenters. The molecular formula is C15H8F3NOS. The molecule has 0 fully saturated rings. The van der Waals surface area contributed by atoms with Gasteiger partial charge in [0, 0.05) is 12.1 Å². The molecule has 3 aromatic rings. The van der Waals surface area contributed by atoms with Crippen LogP contribution >= 0.6 is 11.3 Å². The number of rotatable bonds is 3. The summed E-state index contributed by atoms with van der Waals surface area (Å²) in [6.45, 7) is 0. The summed E-state index contributed by atoms with van der Waals surface area (Å²) in [6, 6.07) is 8.28. The summed E-state index contributed by atoms with van der Waals surface area (Å²) in [4.78, 5) is 16.2. The third-order valence-corrected chi connectivity index (χ3v) is 3.97. The zero-order chi connectivity index (χ0) is 15.0. The van der Waals surface area contributed by atoms with Gasteiger partial charge < -0.3 is 0 Å². The molecule has 2 nitrogen and oxygen atoms in total. The van der Waals surface area contributed by atoms with Gasteiger partial charge in [-0.2, -0.15) is 0 Å². The van der Waals surface area contributed by atoms with E-state index in [0.717, 1.165) is 10.2 Å². The highest BCUT2D eigenvalue weighted by Gasteiger charge is 2.20. The number of Topliss-reactive ketones (excluding diaryl/α,β-unsaturated/α-hetero) is 1. The van der Waals surface area contributed by atoms with Crippen LogP contribution in [0.2, 0.25) is 0 Å². The molecule has 3 rings (SSSR count). The first-order valence-electron chi connectivity index (χ1n) is 6.07. The van der Waals surface area contributed by atoms with Crippen molar-refractivity contribution in [2.75, 3.05) is 0 Å². The number of fused-ring (bicyclic) bond motifs is 1. The summed E-state index contributed by atoms with van der Waals surface area (Å²) < 4.78 is 40.8. The number of carbonyl (C=O) groups is 1. The minimum Gasteiger partial charge on any atom is -0.293 e. The maximum atomic E-state index is 13.6. The fraction of sp³-hybridized carbons (Fsp3) is 0.0667. The lowest BCUT2D eigenvalue weighted by Crippen LogP contribution is -2.09. The fourth-order valence-corrected chi connectivity index (χ4v) is 3.00. The van der Waals surface area contributed by atoms with E-state index in [1.54, 1.807) is 6.07 Å². The predicted molar refractivity (Wildman–Crippen MR) is 74.0 cm³/mol. The molecule has 0 saturated carbocycles. The van der Waals surface area contributed by atoms with E-state index in [1.165, 1.54) is 11.3 Å². The Bertz CT molecular complexity index is 788. The Morgan fingerprint density at radius 2 is 1.76 bits per heavy atom. The first kappa shape index (κ1) is 13.8. The van der Waals surface area contributed by atoms with E-state index >= 15 is 0 Å². The Morgan fingerprint density at radius 3 is 2.43 bits per heavy atom. The number of aromatic nitrogens is 1. The normalized spacial score (nSPS) is 11.0. The average Bonchev–Trinajstić information content (AvgIpc) is 2.79. The molecule has 0 bridgehead atoms. The van der Waals surface area contributed by atoms with Crippen molar-refractivity contribution in [2.45, 2.75) is 6.42 Å². The van der Waals surface area contributed by atoms with Crippen molar-refractivity contribution in [1.82, 2.24) is 4.98 Å². The van der Waals surface area contributed by atoms with Crippen LogP contribution in [0.3, 0.4) is 0 Å². The van der Waals surface area contributed by atoms with E-state index in [2.05, 4.69) is 4.98 Å². The minimum absolute atomic E-state index is 0.223. The molecule has 0 radical (unpaired) electrons. The molecule has 21 heavy (non-hydrogen) atoms. The smallest absolute Gasteiger partial charge is 0.175 e. The highest BCUT2D eigenvalue weighted by molar-refractivity contribution is 7.18. The van der Waals surface area contributed by atoms with Crippen LogP contribution in [0.4, 0.5) is 13.2 Å². The number of hydrogen-bond donors (Lipinski definition) is 0. The molecule has 2 aromatic carbocycles. The van der Waals surface area contributed by atoms with Gasteiger partial charge in [-0.1, -0.05) is 12.1 Å². The van der Waals surface area contributed by atoms with Gasteiger partial charge in [0.15, 0.2) is 5.78 Å². The van der Waals surface area contributed by atoms with Crippen LogP contribution in [-0.2, 0) is 6.42 Å². The maximum absolute atomic E-state index is 13.6. The fourth-order valence-electron chi connectivity index (χ4n) is 2.03. The molecule has 106 valence electrons. The maximum Gasteiger partial charge on any atom is 0.175 e. The summed E-state index contributed by atoms with van der Waals surface area (Å²) in [5.74, 6) is -4.21. The van der Waals surface area contributed by atoms with Crippen molar-refractivity contribution < 1.29 is 18.0 Å². The summed E-state index contributed by atoms with van der Waals surface area (Å²) in [7, 11) is 0. The third-order valence-electron chi connectivity index (χ3n) is 2.94. The number of hydrogen-bond acceptors (Lipinski definition) is 3. The number of benzene rings is 2. The summed E-state index contributed by atoms with van der Waals surface area (Å²) in [5.41, 5.74) is 0.000932. The Hall–Kier alpha value is -2.21. The predicted octanol–water partition coefficient (Wildman–Crippen LogP) is 4.14. The lowest BCUT2D eigenvalue weighted by Gasteiger charge is -2.03. The summed E-state index contributed by atoms with van der Waals surface area (Å²) in [5, 5.41) is 0.462. The SMILES string of the molecule is O=C(Cc1nc2ccccc2s1)c1c(F)cc(F)cc1F. The number of carbonyl (C=O) groups excluding carboxylic acids is 1. The number of para-hydroxylation sites is 1. The van der Waals surface area contributed by atoms with Crippen molar-refractivity contribution >= 4 is 27.3 Å². The molecular weight excluding hydrogens is 299 g/mol. The molecule has 0 spiro atoms. The van der Waals surface area contributed by atoms with E-state index in [4.69, 9.17) is 0 Å². The molecule has 0 amide bonds. The molecule has 1 heterocycles. The van der Waals surface area contributed by atoms with Gasteiger partial charge in [0.1, 0.15) is 22.5 Å². The topological polar surface area (TPSA) is 30.0 Å². The lowest BCUT2D eigenvalue weighted by atomic mass is 10.1. The van der Waals surface area contributed by atoms with Gasteiger partial charge in [-0.15, -0.1) is 11.3 Å². The molecule has 1 aromatic heterocycles. The van der Waals surface area contributed by atoms with Crippen molar-refractivity contribution in [3.63, 3.8) is 0 Å². The van der Waals surface area contributed by atoms with E-state index in [9.17, 15) is 18.0 Å². The van der Waals surface area contributed by atoms with Crippen molar-refractivity contribution in [3.05, 3.63) is 64.4 Å². The second-order valence-electron chi connectivity index (χ2n) is 4.42. The Kier molecular flexibility index (Phi) is 3.47. The van der Waals surface area contributed by atoms with Crippen molar-refractivity contribution in [2.24, 2.45) is 0 Å². The second kappa shape index (κ2) is 5.29. The first-order valence-corrected chi connectivity index (χ1v) is 6.88. The van der Waals surface area contributed by atoms with Crippen LogP contribution in [0.1, 0.15) is 15.4 Å². The number of ketones is 1. The Morgan fingerprint density at radius 1 is 1.10 bits per heavy atom. The number of thiazole rings is 1. The third kappa shape index (κ3) is 2.67. The molecule has 0 aliphatic heterocycles. The molecule has 0 unspecified atom stereocenters. The van der Waals surface area contributed by atoms with Crippen LogP contribution < -0.4 is 0 Å². The number of halogens is 3. The van der Waals surface area contributed by atoms with E-state index in [0.29, 0.717) is 17.1 Å².